The average molecular weight is 453 g/mol. The Labute approximate surface area is 189 Å². The molecule has 0 unspecified atom stereocenters. The molecule has 0 spiro atoms. The fraction of sp³-hybridized carbons (Fsp3) is 0.208. The molecule has 0 atom stereocenters. The predicted molar refractivity (Wildman–Crippen MR) is 123 cm³/mol. The largest absolute Gasteiger partial charge is 0.300 e. The van der Waals surface area contributed by atoms with E-state index in [9.17, 15) is 14.4 Å². The molecule has 3 aromatic rings. The molecular weight excluding hydrogens is 432 g/mol. The standard InChI is InChI=1S/C24H21ClN2O3S/c1-3-26(4-2)13-16-14-31-24(20(16)21(28)15-9-11-17(25)12-10-15)27-22(29)18-7-5-6-8-19(18)23(27)30/h5-12,14H,3-4,13H2,1-2H3. The summed E-state index contributed by atoms with van der Waals surface area (Å²) in [4.78, 5) is 43.0. The van der Waals surface area contributed by atoms with E-state index in [-0.39, 0.29) is 5.78 Å². The van der Waals surface area contributed by atoms with Gasteiger partial charge in [0.2, 0.25) is 0 Å². The lowest BCUT2D eigenvalue weighted by Crippen LogP contribution is -2.30. The van der Waals surface area contributed by atoms with E-state index in [1.54, 1.807) is 48.5 Å². The predicted octanol–water partition coefficient (Wildman–Crippen LogP) is 5.27. The van der Waals surface area contributed by atoms with Crippen LogP contribution in [0.1, 0.15) is 56.0 Å². The number of anilines is 1. The smallest absolute Gasteiger partial charge is 0.266 e. The summed E-state index contributed by atoms with van der Waals surface area (Å²) in [5, 5.41) is 2.78. The van der Waals surface area contributed by atoms with Gasteiger partial charge in [-0.15, -0.1) is 11.3 Å². The number of nitrogens with zero attached hydrogens (tertiary/aromatic N) is 2. The van der Waals surface area contributed by atoms with Crippen LogP contribution in [0.25, 0.3) is 0 Å². The van der Waals surface area contributed by atoms with Gasteiger partial charge in [0, 0.05) is 17.1 Å². The first-order valence-corrected chi connectivity index (χ1v) is 11.3. The normalized spacial score (nSPS) is 13.2. The van der Waals surface area contributed by atoms with Gasteiger partial charge in [-0.05, 0) is 60.4 Å². The van der Waals surface area contributed by atoms with Crippen molar-refractivity contribution in [1.29, 1.82) is 0 Å². The first-order valence-electron chi connectivity index (χ1n) is 10.1. The SMILES string of the molecule is CCN(CC)Cc1csc(N2C(=O)c3ccccc3C2=O)c1C(=O)c1ccc(Cl)cc1. The van der Waals surface area contributed by atoms with E-state index in [4.69, 9.17) is 11.6 Å². The second-order valence-electron chi connectivity index (χ2n) is 7.23. The number of imide groups is 1. The summed E-state index contributed by atoms with van der Waals surface area (Å²) < 4.78 is 0. The number of fused-ring (bicyclic) bond motifs is 1. The number of hydrogen-bond donors (Lipinski definition) is 0. The maximum atomic E-state index is 13.6. The molecular formula is C24H21ClN2O3S. The topological polar surface area (TPSA) is 57.7 Å². The van der Waals surface area contributed by atoms with Gasteiger partial charge < -0.3 is 0 Å². The van der Waals surface area contributed by atoms with E-state index in [1.165, 1.54) is 11.3 Å². The summed E-state index contributed by atoms with van der Waals surface area (Å²) in [6.45, 7) is 6.32. The monoisotopic (exact) mass is 452 g/mol. The van der Waals surface area contributed by atoms with E-state index in [2.05, 4.69) is 18.7 Å². The van der Waals surface area contributed by atoms with E-state index >= 15 is 0 Å². The molecule has 2 amide bonds. The summed E-state index contributed by atoms with van der Waals surface area (Å²) in [6, 6.07) is 13.4. The minimum Gasteiger partial charge on any atom is -0.300 e. The molecule has 4 rings (SSSR count). The van der Waals surface area contributed by atoms with Gasteiger partial charge in [0.25, 0.3) is 11.8 Å². The molecule has 0 radical (unpaired) electrons. The second kappa shape index (κ2) is 8.75. The van der Waals surface area contributed by atoms with Crippen LogP contribution in [0.15, 0.2) is 53.9 Å². The second-order valence-corrected chi connectivity index (χ2v) is 8.52. The van der Waals surface area contributed by atoms with Crippen LogP contribution in [0.3, 0.4) is 0 Å². The molecule has 1 aliphatic rings. The molecule has 0 saturated carbocycles. The molecule has 0 aliphatic carbocycles. The zero-order valence-electron chi connectivity index (χ0n) is 17.2. The minimum atomic E-state index is -0.401. The quantitative estimate of drug-likeness (QED) is 0.361. The molecule has 1 aromatic heterocycles. The molecule has 0 saturated heterocycles. The highest BCUT2D eigenvalue weighted by Gasteiger charge is 2.39. The van der Waals surface area contributed by atoms with E-state index < -0.39 is 11.8 Å². The zero-order chi connectivity index (χ0) is 22.1. The molecule has 31 heavy (non-hydrogen) atoms. The van der Waals surface area contributed by atoms with Crippen LogP contribution in [0, 0.1) is 0 Å². The number of carbonyl (C=O) groups excluding carboxylic acids is 3. The van der Waals surface area contributed by atoms with E-state index in [0.29, 0.717) is 38.8 Å². The van der Waals surface area contributed by atoms with Crippen LogP contribution in [0.2, 0.25) is 5.02 Å². The number of benzene rings is 2. The molecule has 7 heteroatoms. The first kappa shape index (κ1) is 21.4. The van der Waals surface area contributed by atoms with Gasteiger partial charge in [-0.1, -0.05) is 37.6 Å². The molecule has 5 nitrogen and oxygen atoms in total. The minimum absolute atomic E-state index is 0.230. The maximum absolute atomic E-state index is 13.6. The van der Waals surface area contributed by atoms with Crippen molar-refractivity contribution in [2.75, 3.05) is 18.0 Å². The van der Waals surface area contributed by atoms with Gasteiger partial charge in [-0.25, -0.2) is 4.90 Å². The summed E-state index contributed by atoms with van der Waals surface area (Å²) in [5.74, 6) is -1.03. The zero-order valence-corrected chi connectivity index (χ0v) is 18.8. The third-order valence-electron chi connectivity index (χ3n) is 5.47. The van der Waals surface area contributed by atoms with Gasteiger partial charge in [0.15, 0.2) is 5.78 Å². The van der Waals surface area contributed by atoms with Crippen LogP contribution >= 0.6 is 22.9 Å². The van der Waals surface area contributed by atoms with Crippen LogP contribution in [-0.2, 0) is 6.54 Å². The first-order chi connectivity index (χ1) is 15.0. The Balaban J connectivity index is 1.83. The Hall–Kier alpha value is -2.80. The lowest BCUT2D eigenvalue weighted by molar-refractivity contribution is 0.0927. The van der Waals surface area contributed by atoms with Gasteiger partial charge in [-0.3, -0.25) is 19.3 Å². The number of rotatable bonds is 7. The molecule has 0 fully saturated rings. The Kier molecular flexibility index (Phi) is 6.05. The summed E-state index contributed by atoms with van der Waals surface area (Å²) in [7, 11) is 0. The van der Waals surface area contributed by atoms with Crippen LogP contribution in [0.4, 0.5) is 5.00 Å². The lowest BCUT2D eigenvalue weighted by Gasteiger charge is -2.19. The lowest BCUT2D eigenvalue weighted by atomic mass is 10.0. The Morgan fingerprint density at radius 2 is 1.55 bits per heavy atom. The molecule has 2 aromatic carbocycles. The Morgan fingerprint density at radius 1 is 0.968 bits per heavy atom. The molecule has 1 aliphatic heterocycles. The molecule has 2 heterocycles. The number of hydrogen-bond acceptors (Lipinski definition) is 5. The highest BCUT2D eigenvalue weighted by atomic mass is 35.5. The average Bonchev–Trinajstić information content (AvgIpc) is 3.30. The Morgan fingerprint density at radius 3 is 2.10 bits per heavy atom. The fourth-order valence-corrected chi connectivity index (χ4v) is 4.90. The summed E-state index contributed by atoms with van der Waals surface area (Å²) >= 11 is 7.24. The van der Waals surface area contributed by atoms with Crippen LogP contribution < -0.4 is 4.90 Å². The van der Waals surface area contributed by atoms with Crippen LogP contribution in [0.5, 0.6) is 0 Å². The number of amides is 2. The van der Waals surface area contributed by atoms with Gasteiger partial charge in [0.1, 0.15) is 5.00 Å². The van der Waals surface area contributed by atoms with E-state index in [0.717, 1.165) is 23.6 Å². The highest BCUT2D eigenvalue weighted by molar-refractivity contribution is 7.15. The van der Waals surface area contributed by atoms with Crippen molar-refractivity contribution in [1.82, 2.24) is 4.90 Å². The van der Waals surface area contributed by atoms with Crippen molar-refractivity contribution in [2.45, 2.75) is 20.4 Å². The van der Waals surface area contributed by atoms with Crippen molar-refractivity contribution in [3.8, 4) is 0 Å². The molecule has 0 bridgehead atoms. The van der Waals surface area contributed by atoms with Gasteiger partial charge >= 0.3 is 0 Å². The summed E-state index contributed by atoms with van der Waals surface area (Å²) in [5.41, 5.74) is 2.38. The van der Waals surface area contributed by atoms with Crippen molar-refractivity contribution < 1.29 is 14.4 Å². The molecule has 0 N–H and O–H groups in total. The summed E-state index contributed by atoms with van der Waals surface area (Å²) in [6.07, 6.45) is 0. The maximum Gasteiger partial charge on any atom is 0.266 e. The molecule has 158 valence electrons. The van der Waals surface area contributed by atoms with Crippen LogP contribution in [-0.4, -0.2) is 35.6 Å². The number of carbonyl (C=O) groups is 3. The van der Waals surface area contributed by atoms with Gasteiger partial charge in [0.05, 0.1) is 16.7 Å². The third-order valence-corrected chi connectivity index (χ3v) is 6.73. The number of thiophene rings is 1. The number of ketones is 1. The van der Waals surface area contributed by atoms with Crippen molar-refractivity contribution in [3.63, 3.8) is 0 Å². The van der Waals surface area contributed by atoms with Crippen molar-refractivity contribution in [2.24, 2.45) is 0 Å². The van der Waals surface area contributed by atoms with Gasteiger partial charge in [-0.2, -0.15) is 0 Å². The third kappa shape index (κ3) is 3.83. The Bertz CT molecular complexity index is 1130. The van der Waals surface area contributed by atoms with Crippen molar-refractivity contribution >= 4 is 45.5 Å². The highest BCUT2D eigenvalue weighted by Crippen LogP contribution is 2.39. The number of halogens is 1. The van der Waals surface area contributed by atoms with E-state index in [1.807, 2.05) is 5.38 Å². The fourth-order valence-electron chi connectivity index (χ4n) is 3.71. The van der Waals surface area contributed by atoms with Crippen molar-refractivity contribution in [3.05, 3.63) is 86.8 Å².